The molecule has 27 heavy (non-hydrogen) atoms. The van der Waals surface area contributed by atoms with E-state index in [2.05, 4.69) is 4.98 Å². The van der Waals surface area contributed by atoms with Gasteiger partial charge >= 0.3 is 0 Å². The first-order valence-corrected chi connectivity index (χ1v) is 9.89. The average molecular weight is 387 g/mol. The summed E-state index contributed by atoms with van der Waals surface area (Å²) in [5.41, 5.74) is 1.25. The number of nitro benzene ring substituents is 1. The van der Waals surface area contributed by atoms with Gasteiger partial charge in [-0.25, -0.2) is 13.4 Å². The van der Waals surface area contributed by atoms with Crippen molar-refractivity contribution in [3.8, 4) is 11.4 Å². The zero-order valence-corrected chi connectivity index (χ0v) is 15.2. The largest absolute Gasteiger partial charge is 0.387 e. The van der Waals surface area contributed by atoms with Gasteiger partial charge in [0.2, 0.25) is 0 Å². The Hall–Kier alpha value is -3.04. The van der Waals surface area contributed by atoms with E-state index >= 15 is 0 Å². The van der Waals surface area contributed by atoms with Gasteiger partial charge in [-0.2, -0.15) is 0 Å². The fourth-order valence-electron chi connectivity index (χ4n) is 2.68. The average Bonchev–Trinajstić information content (AvgIpc) is 3.09. The minimum Gasteiger partial charge on any atom is -0.387 e. The van der Waals surface area contributed by atoms with Gasteiger partial charge in [0.1, 0.15) is 5.82 Å². The highest BCUT2D eigenvalue weighted by atomic mass is 32.2. The topological polar surface area (TPSA) is 115 Å². The summed E-state index contributed by atoms with van der Waals surface area (Å²) in [7, 11) is -3.29. The number of aliphatic hydroxyl groups excluding tert-OH is 1. The molecule has 0 fully saturated rings. The summed E-state index contributed by atoms with van der Waals surface area (Å²) < 4.78 is 24.8. The van der Waals surface area contributed by atoms with E-state index in [9.17, 15) is 23.6 Å². The Morgan fingerprint density at radius 3 is 2.33 bits per heavy atom. The molecular weight excluding hydrogens is 370 g/mol. The van der Waals surface area contributed by atoms with Crippen LogP contribution in [0, 0.1) is 10.1 Å². The predicted octanol–water partition coefficient (Wildman–Crippen LogP) is 2.60. The number of imidazole rings is 1. The first-order chi connectivity index (χ1) is 12.8. The SMILES string of the molecule is CS(=O)(=O)c1ccc(C(O)Cn2ccnc2-c2ccc([N+](=O)[O-])cc2)cc1. The second kappa shape index (κ2) is 7.29. The number of aromatic nitrogens is 2. The van der Waals surface area contributed by atoms with Crippen LogP contribution in [0.5, 0.6) is 0 Å². The van der Waals surface area contributed by atoms with Crippen molar-refractivity contribution in [3.05, 3.63) is 76.6 Å². The van der Waals surface area contributed by atoms with Gasteiger partial charge in [0.05, 0.1) is 22.5 Å². The number of non-ortho nitro benzene ring substituents is 1. The van der Waals surface area contributed by atoms with Crippen LogP contribution in [0.2, 0.25) is 0 Å². The summed E-state index contributed by atoms with van der Waals surface area (Å²) in [5, 5.41) is 21.3. The lowest BCUT2D eigenvalue weighted by Crippen LogP contribution is -2.09. The third-order valence-corrected chi connectivity index (χ3v) is 5.24. The highest BCUT2D eigenvalue weighted by Gasteiger charge is 2.15. The second-order valence-corrected chi connectivity index (χ2v) is 8.08. The lowest BCUT2D eigenvalue weighted by molar-refractivity contribution is -0.384. The molecule has 1 N–H and O–H groups in total. The summed E-state index contributed by atoms with van der Waals surface area (Å²) in [5.74, 6) is 0.566. The van der Waals surface area contributed by atoms with E-state index in [0.29, 0.717) is 17.0 Å². The molecule has 0 bridgehead atoms. The minimum atomic E-state index is -3.29. The van der Waals surface area contributed by atoms with Crippen molar-refractivity contribution in [1.82, 2.24) is 9.55 Å². The standard InChI is InChI=1S/C18H17N3O5S/c1-27(25,26)16-8-4-13(5-9-16)17(22)12-20-11-10-19-18(20)14-2-6-15(7-3-14)21(23)24/h2-11,17,22H,12H2,1H3. The fourth-order valence-corrected chi connectivity index (χ4v) is 3.31. The molecule has 0 spiro atoms. The predicted molar refractivity (Wildman–Crippen MR) is 98.8 cm³/mol. The molecule has 0 saturated carbocycles. The van der Waals surface area contributed by atoms with E-state index in [-0.39, 0.29) is 17.1 Å². The fraction of sp³-hybridized carbons (Fsp3) is 0.167. The minimum absolute atomic E-state index is 0.0112. The van der Waals surface area contributed by atoms with Crippen molar-refractivity contribution in [2.45, 2.75) is 17.5 Å². The molecule has 0 radical (unpaired) electrons. The molecular formula is C18H17N3O5S. The monoisotopic (exact) mass is 387 g/mol. The van der Waals surface area contributed by atoms with Crippen LogP contribution < -0.4 is 0 Å². The van der Waals surface area contributed by atoms with Crippen LogP contribution in [-0.4, -0.2) is 34.3 Å². The molecule has 140 valence electrons. The lowest BCUT2D eigenvalue weighted by Gasteiger charge is -2.14. The van der Waals surface area contributed by atoms with Gasteiger partial charge < -0.3 is 9.67 Å². The van der Waals surface area contributed by atoms with Crippen molar-refractivity contribution >= 4 is 15.5 Å². The normalized spacial score (nSPS) is 12.7. The molecule has 0 amide bonds. The van der Waals surface area contributed by atoms with Gasteiger partial charge in [-0.1, -0.05) is 12.1 Å². The van der Waals surface area contributed by atoms with Crippen LogP contribution in [0.25, 0.3) is 11.4 Å². The number of nitro groups is 1. The third-order valence-electron chi connectivity index (χ3n) is 4.11. The van der Waals surface area contributed by atoms with E-state index in [1.807, 2.05) is 0 Å². The van der Waals surface area contributed by atoms with Gasteiger partial charge in [-0.05, 0) is 29.8 Å². The number of hydrogen-bond acceptors (Lipinski definition) is 6. The summed E-state index contributed by atoms with van der Waals surface area (Å²) >= 11 is 0. The first kappa shape index (κ1) is 18.7. The molecule has 0 aliphatic carbocycles. The Bertz CT molecular complexity index is 1060. The van der Waals surface area contributed by atoms with Crippen molar-refractivity contribution in [1.29, 1.82) is 0 Å². The Morgan fingerprint density at radius 1 is 1.15 bits per heavy atom. The molecule has 2 aromatic carbocycles. The van der Waals surface area contributed by atoms with Gasteiger partial charge in [0, 0.05) is 36.3 Å². The zero-order valence-electron chi connectivity index (χ0n) is 14.4. The van der Waals surface area contributed by atoms with Gasteiger partial charge in [0.15, 0.2) is 9.84 Å². The molecule has 3 aromatic rings. The molecule has 1 atom stereocenters. The number of rotatable bonds is 6. The summed E-state index contributed by atoms with van der Waals surface area (Å²) in [6.45, 7) is 0.199. The van der Waals surface area contributed by atoms with Crippen LogP contribution in [-0.2, 0) is 16.4 Å². The number of sulfone groups is 1. The number of hydrogen-bond donors (Lipinski definition) is 1. The van der Waals surface area contributed by atoms with Crippen molar-refractivity contribution in [3.63, 3.8) is 0 Å². The molecule has 1 unspecified atom stereocenters. The zero-order chi connectivity index (χ0) is 19.6. The molecule has 0 aliphatic rings. The van der Waals surface area contributed by atoms with E-state index in [4.69, 9.17) is 0 Å². The summed E-state index contributed by atoms with van der Waals surface area (Å²) in [4.78, 5) is 14.7. The first-order valence-electron chi connectivity index (χ1n) is 8.00. The number of benzene rings is 2. The maximum absolute atomic E-state index is 11.5. The second-order valence-electron chi connectivity index (χ2n) is 6.06. The van der Waals surface area contributed by atoms with Crippen molar-refractivity contribution in [2.75, 3.05) is 6.26 Å². The highest BCUT2D eigenvalue weighted by Crippen LogP contribution is 2.24. The van der Waals surface area contributed by atoms with Gasteiger partial charge in [-0.3, -0.25) is 10.1 Å². The third kappa shape index (κ3) is 4.21. The number of nitrogens with zero attached hydrogens (tertiary/aromatic N) is 3. The summed E-state index contributed by atoms with van der Waals surface area (Å²) in [6, 6.07) is 12.1. The Balaban J connectivity index is 1.80. The number of aliphatic hydroxyl groups is 1. The van der Waals surface area contributed by atoms with Crippen LogP contribution in [0.15, 0.2) is 65.8 Å². The summed E-state index contributed by atoms with van der Waals surface area (Å²) in [6.07, 6.45) is 3.53. The van der Waals surface area contributed by atoms with Gasteiger partial charge in [0.25, 0.3) is 5.69 Å². The Kier molecular flexibility index (Phi) is 5.06. The van der Waals surface area contributed by atoms with E-state index in [1.165, 1.54) is 24.3 Å². The molecule has 1 heterocycles. The smallest absolute Gasteiger partial charge is 0.269 e. The van der Waals surface area contributed by atoms with Crippen molar-refractivity contribution in [2.24, 2.45) is 0 Å². The molecule has 9 heteroatoms. The lowest BCUT2D eigenvalue weighted by atomic mass is 10.1. The Labute approximate surface area is 155 Å². The van der Waals surface area contributed by atoms with Crippen LogP contribution in [0.3, 0.4) is 0 Å². The Morgan fingerprint density at radius 2 is 1.78 bits per heavy atom. The maximum Gasteiger partial charge on any atom is 0.269 e. The van der Waals surface area contributed by atoms with Crippen LogP contribution in [0.1, 0.15) is 11.7 Å². The van der Waals surface area contributed by atoms with Crippen molar-refractivity contribution < 1.29 is 18.4 Å². The molecule has 3 rings (SSSR count). The molecule has 0 aliphatic heterocycles. The van der Waals surface area contributed by atoms with E-state index in [1.54, 1.807) is 41.2 Å². The highest BCUT2D eigenvalue weighted by molar-refractivity contribution is 7.90. The van der Waals surface area contributed by atoms with Gasteiger partial charge in [-0.15, -0.1) is 0 Å². The molecule has 1 aromatic heterocycles. The maximum atomic E-state index is 11.5. The van der Waals surface area contributed by atoms with E-state index < -0.39 is 20.9 Å². The van der Waals surface area contributed by atoms with Crippen LogP contribution >= 0.6 is 0 Å². The van der Waals surface area contributed by atoms with E-state index in [0.717, 1.165) is 6.26 Å². The quantitative estimate of drug-likeness (QED) is 0.513. The molecule has 8 nitrogen and oxygen atoms in total. The molecule has 0 saturated heterocycles. The van der Waals surface area contributed by atoms with Crippen LogP contribution in [0.4, 0.5) is 5.69 Å².